The van der Waals surface area contributed by atoms with Crippen molar-refractivity contribution in [2.24, 2.45) is 5.92 Å². The molecular weight excluding hydrogens is 292 g/mol. The zero-order valence-electron chi connectivity index (χ0n) is 14.2. The van der Waals surface area contributed by atoms with Crippen molar-refractivity contribution in [3.05, 3.63) is 35.4 Å². The van der Waals surface area contributed by atoms with Crippen molar-refractivity contribution < 1.29 is 19.4 Å². The van der Waals surface area contributed by atoms with E-state index in [0.29, 0.717) is 12.5 Å². The standard InChI is InChI=1S/C19H28O4/c1-3-5-6-7-11-15(10-4-2)14-23-19(22)17-13-9-8-12-16(17)18(20)21/h8-9,12-13,15H,3-7,10-11,14H2,1-2H3,(H,20,21). The summed E-state index contributed by atoms with van der Waals surface area (Å²) in [6.07, 6.45) is 7.96. The van der Waals surface area contributed by atoms with E-state index in [2.05, 4.69) is 13.8 Å². The zero-order valence-corrected chi connectivity index (χ0v) is 14.2. The van der Waals surface area contributed by atoms with Gasteiger partial charge in [0.2, 0.25) is 0 Å². The number of carbonyl (C=O) groups excluding carboxylic acids is 1. The topological polar surface area (TPSA) is 63.6 Å². The highest BCUT2D eigenvalue weighted by molar-refractivity contribution is 6.02. The summed E-state index contributed by atoms with van der Waals surface area (Å²) in [6, 6.07) is 6.18. The first-order valence-corrected chi connectivity index (χ1v) is 8.59. The summed E-state index contributed by atoms with van der Waals surface area (Å²) < 4.78 is 5.39. The number of carboxylic acid groups (broad SMARTS) is 1. The van der Waals surface area contributed by atoms with Gasteiger partial charge >= 0.3 is 11.9 Å². The minimum Gasteiger partial charge on any atom is -0.478 e. The van der Waals surface area contributed by atoms with Crippen molar-refractivity contribution in [1.29, 1.82) is 0 Å². The van der Waals surface area contributed by atoms with Crippen LogP contribution in [0.2, 0.25) is 0 Å². The SMILES string of the molecule is CCCCCCC(CCC)COC(=O)c1ccccc1C(=O)O. The second kappa shape index (κ2) is 10.8. The smallest absolute Gasteiger partial charge is 0.339 e. The average Bonchev–Trinajstić information content (AvgIpc) is 2.56. The van der Waals surface area contributed by atoms with Crippen molar-refractivity contribution >= 4 is 11.9 Å². The Balaban J connectivity index is 2.56. The van der Waals surface area contributed by atoms with Gasteiger partial charge < -0.3 is 9.84 Å². The Morgan fingerprint density at radius 2 is 1.70 bits per heavy atom. The molecule has 0 aliphatic rings. The maximum atomic E-state index is 12.2. The fourth-order valence-corrected chi connectivity index (χ4v) is 2.70. The normalized spacial score (nSPS) is 11.9. The molecule has 0 saturated carbocycles. The summed E-state index contributed by atoms with van der Waals surface area (Å²) in [5, 5.41) is 9.14. The van der Waals surface area contributed by atoms with E-state index in [1.54, 1.807) is 12.1 Å². The lowest BCUT2D eigenvalue weighted by atomic mass is 9.97. The number of rotatable bonds is 11. The van der Waals surface area contributed by atoms with Crippen LogP contribution in [0.1, 0.15) is 79.5 Å². The number of ether oxygens (including phenoxy) is 1. The first-order chi connectivity index (χ1) is 11.1. The highest BCUT2D eigenvalue weighted by atomic mass is 16.5. The molecular formula is C19H28O4. The van der Waals surface area contributed by atoms with Crippen LogP contribution >= 0.6 is 0 Å². The monoisotopic (exact) mass is 320 g/mol. The highest BCUT2D eigenvalue weighted by Gasteiger charge is 2.18. The Hall–Kier alpha value is -1.84. The van der Waals surface area contributed by atoms with E-state index in [9.17, 15) is 9.59 Å². The van der Waals surface area contributed by atoms with Crippen LogP contribution in [0.5, 0.6) is 0 Å². The van der Waals surface area contributed by atoms with E-state index in [1.165, 1.54) is 31.4 Å². The van der Waals surface area contributed by atoms with Gasteiger partial charge in [-0.25, -0.2) is 9.59 Å². The van der Waals surface area contributed by atoms with E-state index >= 15 is 0 Å². The maximum Gasteiger partial charge on any atom is 0.339 e. The van der Waals surface area contributed by atoms with E-state index < -0.39 is 11.9 Å². The zero-order chi connectivity index (χ0) is 17.1. The lowest BCUT2D eigenvalue weighted by Gasteiger charge is -2.16. The molecule has 1 unspecified atom stereocenters. The lowest BCUT2D eigenvalue weighted by Crippen LogP contribution is -2.17. The Bertz CT molecular complexity index is 496. The Labute approximate surface area is 138 Å². The molecule has 1 aromatic carbocycles. The summed E-state index contributed by atoms with van der Waals surface area (Å²) >= 11 is 0. The molecule has 1 atom stereocenters. The van der Waals surface area contributed by atoms with Crippen LogP contribution in [0.4, 0.5) is 0 Å². The fraction of sp³-hybridized carbons (Fsp3) is 0.579. The highest BCUT2D eigenvalue weighted by Crippen LogP contribution is 2.18. The van der Waals surface area contributed by atoms with Gasteiger partial charge in [-0.15, -0.1) is 0 Å². The van der Waals surface area contributed by atoms with Crippen LogP contribution in [0.3, 0.4) is 0 Å². The third-order valence-electron chi connectivity index (χ3n) is 3.99. The maximum absolute atomic E-state index is 12.2. The molecule has 128 valence electrons. The predicted octanol–water partition coefficient (Wildman–Crippen LogP) is 4.93. The summed E-state index contributed by atoms with van der Waals surface area (Å²) in [6.45, 7) is 4.68. The van der Waals surface area contributed by atoms with E-state index in [0.717, 1.165) is 25.7 Å². The lowest BCUT2D eigenvalue weighted by molar-refractivity contribution is 0.0416. The minimum absolute atomic E-state index is 0.00696. The molecule has 0 amide bonds. The van der Waals surface area contributed by atoms with Gasteiger partial charge in [0.05, 0.1) is 17.7 Å². The molecule has 0 saturated heterocycles. The van der Waals surface area contributed by atoms with Crippen LogP contribution in [-0.4, -0.2) is 23.7 Å². The molecule has 1 aromatic rings. The second-order valence-corrected chi connectivity index (χ2v) is 5.95. The Morgan fingerprint density at radius 3 is 2.30 bits per heavy atom. The molecule has 4 nitrogen and oxygen atoms in total. The van der Waals surface area contributed by atoms with Crippen molar-refractivity contribution in [2.45, 2.75) is 58.8 Å². The first-order valence-electron chi connectivity index (χ1n) is 8.59. The van der Waals surface area contributed by atoms with Gasteiger partial charge in [0.25, 0.3) is 0 Å². The third-order valence-corrected chi connectivity index (χ3v) is 3.99. The number of esters is 1. The number of carbonyl (C=O) groups is 2. The number of aromatic carboxylic acids is 1. The molecule has 0 bridgehead atoms. The van der Waals surface area contributed by atoms with Crippen LogP contribution in [0.25, 0.3) is 0 Å². The second-order valence-electron chi connectivity index (χ2n) is 5.95. The van der Waals surface area contributed by atoms with Crippen LogP contribution in [0.15, 0.2) is 24.3 Å². The third kappa shape index (κ3) is 6.85. The van der Waals surface area contributed by atoms with Gasteiger partial charge in [0.1, 0.15) is 0 Å². The van der Waals surface area contributed by atoms with E-state index in [4.69, 9.17) is 9.84 Å². The van der Waals surface area contributed by atoms with E-state index in [-0.39, 0.29) is 11.1 Å². The summed E-state index contributed by atoms with van der Waals surface area (Å²) in [5.41, 5.74) is 0.119. The van der Waals surface area contributed by atoms with Crippen LogP contribution < -0.4 is 0 Å². The molecule has 0 spiro atoms. The predicted molar refractivity (Wildman–Crippen MR) is 90.8 cm³/mol. The molecule has 1 rings (SSSR count). The van der Waals surface area contributed by atoms with Crippen LogP contribution in [0, 0.1) is 5.92 Å². The van der Waals surface area contributed by atoms with E-state index in [1.807, 2.05) is 0 Å². The van der Waals surface area contributed by atoms with Crippen LogP contribution in [-0.2, 0) is 4.74 Å². The van der Waals surface area contributed by atoms with Gasteiger partial charge in [-0.1, -0.05) is 58.1 Å². The molecule has 23 heavy (non-hydrogen) atoms. The molecule has 0 radical (unpaired) electrons. The summed E-state index contributed by atoms with van der Waals surface area (Å²) in [4.78, 5) is 23.3. The Morgan fingerprint density at radius 1 is 1.00 bits per heavy atom. The van der Waals surface area contributed by atoms with Gasteiger partial charge in [-0.2, -0.15) is 0 Å². The molecule has 0 fully saturated rings. The number of hydrogen-bond acceptors (Lipinski definition) is 3. The van der Waals surface area contributed by atoms with Crippen molar-refractivity contribution in [1.82, 2.24) is 0 Å². The number of benzene rings is 1. The minimum atomic E-state index is -1.11. The van der Waals surface area contributed by atoms with Gasteiger partial charge in [-0.05, 0) is 30.9 Å². The molecule has 4 heteroatoms. The average molecular weight is 320 g/mol. The molecule has 0 aliphatic carbocycles. The number of hydrogen-bond donors (Lipinski definition) is 1. The fourth-order valence-electron chi connectivity index (χ4n) is 2.70. The van der Waals surface area contributed by atoms with Gasteiger partial charge in [0, 0.05) is 0 Å². The first kappa shape index (κ1) is 19.2. The number of unbranched alkanes of at least 4 members (excludes halogenated alkanes) is 3. The largest absolute Gasteiger partial charge is 0.478 e. The summed E-state index contributed by atoms with van der Waals surface area (Å²) in [5.74, 6) is -1.29. The van der Waals surface area contributed by atoms with Crippen molar-refractivity contribution in [3.63, 3.8) is 0 Å². The Kier molecular flexibility index (Phi) is 9.03. The molecule has 0 aliphatic heterocycles. The van der Waals surface area contributed by atoms with Gasteiger partial charge in [0.15, 0.2) is 0 Å². The molecule has 1 N–H and O–H groups in total. The quantitative estimate of drug-likeness (QED) is 0.464. The summed E-state index contributed by atoms with van der Waals surface area (Å²) in [7, 11) is 0. The van der Waals surface area contributed by atoms with Crippen molar-refractivity contribution in [2.75, 3.05) is 6.61 Å². The van der Waals surface area contributed by atoms with Gasteiger partial charge in [-0.3, -0.25) is 0 Å². The molecule has 0 heterocycles. The van der Waals surface area contributed by atoms with Crippen molar-refractivity contribution in [3.8, 4) is 0 Å². The molecule has 0 aromatic heterocycles. The number of carboxylic acids is 1.